The second kappa shape index (κ2) is 4.02. The number of benzene rings is 1. The molecular weight excluding hydrogens is 198 g/mol. The zero-order valence-electron chi connectivity index (χ0n) is 10.2. The summed E-state index contributed by atoms with van der Waals surface area (Å²) in [5.74, 6) is 0.443. The van der Waals surface area contributed by atoms with E-state index in [2.05, 4.69) is 13.8 Å². The summed E-state index contributed by atoms with van der Waals surface area (Å²) in [5, 5.41) is 0. The minimum absolute atomic E-state index is 0.163. The van der Waals surface area contributed by atoms with E-state index in [-0.39, 0.29) is 17.7 Å². The van der Waals surface area contributed by atoms with Crippen molar-refractivity contribution in [2.75, 3.05) is 0 Å². The molecule has 1 aliphatic carbocycles. The third-order valence-corrected chi connectivity index (χ3v) is 3.87. The fraction of sp³-hybridized carbons (Fsp3) is 0.500. The molecule has 1 aromatic carbocycles. The first-order valence-electron chi connectivity index (χ1n) is 5.87. The van der Waals surface area contributed by atoms with E-state index in [0.717, 1.165) is 24.0 Å². The predicted molar refractivity (Wildman–Crippen MR) is 65.7 cm³/mol. The molecular formula is C14H19NO. The van der Waals surface area contributed by atoms with Gasteiger partial charge in [-0.15, -0.1) is 0 Å². The van der Waals surface area contributed by atoms with E-state index in [0.29, 0.717) is 0 Å². The van der Waals surface area contributed by atoms with E-state index >= 15 is 0 Å². The molecule has 0 aromatic heterocycles. The molecule has 16 heavy (non-hydrogen) atoms. The lowest BCUT2D eigenvalue weighted by atomic mass is 9.75. The molecule has 0 heterocycles. The van der Waals surface area contributed by atoms with Gasteiger partial charge in [0, 0.05) is 17.5 Å². The number of carbonyl (C=O) groups excluding carboxylic acids is 1. The molecule has 2 N–H and O–H groups in total. The molecule has 0 saturated heterocycles. The highest BCUT2D eigenvalue weighted by atomic mass is 16.1. The zero-order chi connectivity index (χ0) is 11.9. The highest BCUT2D eigenvalue weighted by Crippen LogP contribution is 2.31. The Morgan fingerprint density at radius 2 is 1.81 bits per heavy atom. The fourth-order valence-electron chi connectivity index (χ4n) is 2.32. The first kappa shape index (κ1) is 11.3. The van der Waals surface area contributed by atoms with Crippen LogP contribution in [-0.4, -0.2) is 11.8 Å². The summed E-state index contributed by atoms with van der Waals surface area (Å²) in [6.07, 6.45) is 1.70. The molecule has 0 amide bonds. The van der Waals surface area contributed by atoms with Crippen LogP contribution in [0.3, 0.4) is 0 Å². The average molecular weight is 217 g/mol. The van der Waals surface area contributed by atoms with Crippen molar-refractivity contribution < 1.29 is 4.79 Å². The second-order valence-electron chi connectivity index (χ2n) is 4.97. The van der Waals surface area contributed by atoms with Crippen molar-refractivity contribution in [3.63, 3.8) is 0 Å². The number of Topliss-reactive ketones (excluding diaryl/α,β-unsaturated/α-hetero) is 1. The maximum absolute atomic E-state index is 12.2. The van der Waals surface area contributed by atoms with Crippen LogP contribution in [0.2, 0.25) is 0 Å². The lowest BCUT2D eigenvalue weighted by molar-refractivity contribution is 0.0832. The van der Waals surface area contributed by atoms with Gasteiger partial charge < -0.3 is 5.73 Å². The van der Waals surface area contributed by atoms with Gasteiger partial charge in [-0.2, -0.15) is 0 Å². The largest absolute Gasteiger partial charge is 0.328 e. The van der Waals surface area contributed by atoms with Crippen molar-refractivity contribution in [3.05, 3.63) is 34.4 Å². The summed E-state index contributed by atoms with van der Waals surface area (Å²) in [5.41, 5.74) is 10.2. The SMILES string of the molecule is Cc1ccc(C(=O)C2CC(N)C2)c(C)c1C. The topological polar surface area (TPSA) is 43.1 Å². The molecule has 0 atom stereocenters. The summed E-state index contributed by atoms with van der Waals surface area (Å²) < 4.78 is 0. The minimum atomic E-state index is 0.163. The van der Waals surface area contributed by atoms with Gasteiger partial charge in [-0.05, 0) is 50.3 Å². The van der Waals surface area contributed by atoms with Crippen LogP contribution in [0.1, 0.15) is 39.9 Å². The molecule has 2 heteroatoms. The van der Waals surface area contributed by atoms with Gasteiger partial charge in [0.25, 0.3) is 0 Å². The standard InChI is InChI=1S/C14H19NO/c1-8-4-5-13(10(3)9(8)2)14(16)11-6-12(15)7-11/h4-5,11-12H,6-7,15H2,1-3H3. The molecule has 2 rings (SSSR count). The normalized spacial score (nSPS) is 24.0. The Bertz CT molecular complexity index is 431. The van der Waals surface area contributed by atoms with Crippen molar-refractivity contribution in [1.82, 2.24) is 0 Å². The highest BCUT2D eigenvalue weighted by molar-refractivity contribution is 6.00. The second-order valence-corrected chi connectivity index (χ2v) is 4.97. The van der Waals surface area contributed by atoms with Crippen LogP contribution in [0.15, 0.2) is 12.1 Å². The summed E-state index contributed by atoms with van der Waals surface area (Å²) in [7, 11) is 0. The van der Waals surface area contributed by atoms with E-state index in [1.54, 1.807) is 0 Å². The number of rotatable bonds is 2. The Balaban J connectivity index is 2.27. The van der Waals surface area contributed by atoms with Crippen molar-refractivity contribution in [2.45, 2.75) is 39.7 Å². The number of aryl methyl sites for hydroxylation is 1. The van der Waals surface area contributed by atoms with E-state index in [4.69, 9.17) is 5.73 Å². The molecule has 0 spiro atoms. The molecule has 86 valence electrons. The van der Waals surface area contributed by atoms with E-state index in [1.807, 2.05) is 19.1 Å². The Kier molecular flexibility index (Phi) is 2.85. The van der Waals surface area contributed by atoms with E-state index in [1.165, 1.54) is 11.1 Å². The van der Waals surface area contributed by atoms with E-state index < -0.39 is 0 Å². The van der Waals surface area contributed by atoms with Gasteiger partial charge in [-0.25, -0.2) is 0 Å². The van der Waals surface area contributed by atoms with E-state index in [9.17, 15) is 4.79 Å². The molecule has 2 nitrogen and oxygen atoms in total. The summed E-state index contributed by atoms with van der Waals surface area (Å²) in [6.45, 7) is 6.19. The molecule has 1 saturated carbocycles. The van der Waals surface area contributed by atoms with Gasteiger partial charge in [0.2, 0.25) is 0 Å². The number of nitrogens with two attached hydrogens (primary N) is 1. The Hall–Kier alpha value is -1.15. The van der Waals surface area contributed by atoms with Gasteiger partial charge >= 0.3 is 0 Å². The van der Waals surface area contributed by atoms with Gasteiger partial charge in [0.15, 0.2) is 5.78 Å². The molecule has 0 radical (unpaired) electrons. The first-order valence-corrected chi connectivity index (χ1v) is 5.87. The molecule has 0 aliphatic heterocycles. The van der Waals surface area contributed by atoms with Crippen LogP contribution in [0, 0.1) is 26.7 Å². The number of ketones is 1. The predicted octanol–water partition coefficient (Wildman–Crippen LogP) is 2.53. The molecule has 0 unspecified atom stereocenters. The van der Waals surface area contributed by atoms with Crippen LogP contribution in [-0.2, 0) is 0 Å². The van der Waals surface area contributed by atoms with Gasteiger partial charge in [-0.3, -0.25) is 4.79 Å². The van der Waals surface area contributed by atoms with Crippen molar-refractivity contribution >= 4 is 5.78 Å². The Morgan fingerprint density at radius 3 is 2.38 bits per heavy atom. The average Bonchev–Trinajstić information content (AvgIpc) is 2.21. The van der Waals surface area contributed by atoms with Gasteiger partial charge in [0.1, 0.15) is 0 Å². The Morgan fingerprint density at radius 1 is 1.19 bits per heavy atom. The van der Waals surface area contributed by atoms with Crippen LogP contribution in [0.4, 0.5) is 0 Å². The molecule has 1 aliphatic rings. The minimum Gasteiger partial charge on any atom is -0.328 e. The zero-order valence-corrected chi connectivity index (χ0v) is 10.2. The third kappa shape index (κ3) is 1.78. The summed E-state index contributed by atoms with van der Waals surface area (Å²) in [6, 6.07) is 4.23. The number of carbonyl (C=O) groups is 1. The van der Waals surface area contributed by atoms with Crippen LogP contribution in [0.25, 0.3) is 0 Å². The number of hydrogen-bond donors (Lipinski definition) is 1. The third-order valence-electron chi connectivity index (χ3n) is 3.87. The molecule has 1 aromatic rings. The lowest BCUT2D eigenvalue weighted by Gasteiger charge is -2.31. The maximum Gasteiger partial charge on any atom is 0.166 e. The smallest absolute Gasteiger partial charge is 0.166 e. The van der Waals surface area contributed by atoms with Crippen LogP contribution < -0.4 is 5.73 Å². The van der Waals surface area contributed by atoms with Crippen LogP contribution >= 0.6 is 0 Å². The van der Waals surface area contributed by atoms with Gasteiger partial charge in [-0.1, -0.05) is 12.1 Å². The van der Waals surface area contributed by atoms with Crippen molar-refractivity contribution in [1.29, 1.82) is 0 Å². The number of hydrogen-bond acceptors (Lipinski definition) is 2. The molecule has 0 bridgehead atoms. The highest BCUT2D eigenvalue weighted by Gasteiger charge is 2.33. The summed E-state index contributed by atoms with van der Waals surface area (Å²) >= 11 is 0. The van der Waals surface area contributed by atoms with Crippen LogP contribution in [0.5, 0.6) is 0 Å². The van der Waals surface area contributed by atoms with Gasteiger partial charge in [0.05, 0.1) is 0 Å². The first-order chi connectivity index (χ1) is 7.50. The van der Waals surface area contributed by atoms with Crippen molar-refractivity contribution in [2.24, 2.45) is 11.7 Å². The molecule has 1 fully saturated rings. The monoisotopic (exact) mass is 217 g/mol. The summed E-state index contributed by atoms with van der Waals surface area (Å²) in [4.78, 5) is 12.2. The Labute approximate surface area is 96.8 Å². The maximum atomic E-state index is 12.2. The fourth-order valence-corrected chi connectivity index (χ4v) is 2.32. The quantitative estimate of drug-likeness (QED) is 0.773. The lowest BCUT2D eigenvalue weighted by Crippen LogP contribution is -2.40. The van der Waals surface area contributed by atoms with Crippen molar-refractivity contribution in [3.8, 4) is 0 Å².